The van der Waals surface area contributed by atoms with Gasteiger partial charge >= 0.3 is 0 Å². The zero-order valence-corrected chi connectivity index (χ0v) is 12.2. The van der Waals surface area contributed by atoms with Gasteiger partial charge in [-0.05, 0) is 50.6 Å². The molecule has 0 unspecified atom stereocenters. The first-order valence-corrected chi connectivity index (χ1v) is 6.66. The first kappa shape index (κ1) is 15.0. The second kappa shape index (κ2) is 6.35. The van der Waals surface area contributed by atoms with E-state index in [9.17, 15) is 9.18 Å². The van der Waals surface area contributed by atoms with E-state index in [0.29, 0.717) is 11.6 Å². The molecule has 0 saturated carbocycles. The summed E-state index contributed by atoms with van der Waals surface area (Å²) in [7, 11) is 0. The van der Waals surface area contributed by atoms with Crippen LogP contribution in [0, 0.1) is 12.7 Å². The van der Waals surface area contributed by atoms with E-state index in [1.54, 1.807) is 31.3 Å². The summed E-state index contributed by atoms with van der Waals surface area (Å²) in [5, 5.41) is 2.63. The minimum atomic E-state index is -0.553. The highest BCUT2D eigenvalue weighted by Crippen LogP contribution is 2.23. The Hall–Kier alpha value is -2.43. The highest BCUT2D eigenvalue weighted by Gasteiger charge is 2.15. The third kappa shape index (κ3) is 3.78. The maximum absolute atomic E-state index is 13.8. The lowest BCUT2D eigenvalue weighted by Gasteiger charge is -2.13. The van der Waals surface area contributed by atoms with Crippen molar-refractivity contribution in [3.05, 3.63) is 53.5 Å². The van der Waals surface area contributed by atoms with Crippen LogP contribution in [0.1, 0.15) is 29.8 Å². The quantitative estimate of drug-likeness (QED) is 0.935. The molecule has 0 saturated heterocycles. The summed E-state index contributed by atoms with van der Waals surface area (Å²) >= 11 is 0. The molecule has 2 aromatic rings. The van der Waals surface area contributed by atoms with Crippen molar-refractivity contribution < 1.29 is 13.9 Å². The molecule has 0 atom stereocenters. The van der Waals surface area contributed by atoms with E-state index < -0.39 is 11.7 Å². The van der Waals surface area contributed by atoms with Gasteiger partial charge < -0.3 is 10.1 Å². The van der Waals surface area contributed by atoms with Gasteiger partial charge in [0.2, 0.25) is 5.88 Å². The number of rotatable bonds is 4. The lowest BCUT2D eigenvalue weighted by Crippen LogP contribution is -2.16. The number of carbonyl (C=O) groups excluding carboxylic acids is 1. The van der Waals surface area contributed by atoms with Crippen LogP contribution in [0.2, 0.25) is 0 Å². The molecule has 2 rings (SSSR count). The average Bonchev–Trinajstić information content (AvgIpc) is 2.40. The van der Waals surface area contributed by atoms with Gasteiger partial charge in [-0.2, -0.15) is 0 Å². The number of nitrogens with one attached hydrogen (secondary N) is 1. The van der Waals surface area contributed by atoms with E-state index in [1.165, 1.54) is 12.1 Å². The van der Waals surface area contributed by atoms with E-state index in [4.69, 9.17) is 4.74 Å². The van der Waals surface area contributed by atoms with Crippen LogP contribution in [-0.2, 0) is 0 Å². The van der Waals surface area contributed by atoms with Crippen LogP contribution in [0.5, 0.6) is 5.88 Å². The van der Waals surface area contributed by atoms with Gasteiger partial charge in [-0.25, -0.2) is 9.37 Å². The third-order valence-corrected chi connectivity index (χ3v) is 2.74. The zero-order valence-electron chi connectivity index (χ0n) is 12.2. The monoisotopic (exact) mass is 288 g/mol. The zero-order chi connectivity index (χ0) is 15.4. The molecular weight excluding hydrogens is 271 g/mol. The number of hydrogen-bond donors (Lipinski definition) is 1. The minimum Gasteiger partial charge on any atom is -0.473 e. The van der Waals surface area contributed by atoms with Crippen LogP contribution in [0.15, 0.2) is 36.5 Å². The fourth-order valence-corrected chi connectivity index (χ4v) is 1.80. The van der Waals surface area contributed by atoms with Gasteiger partial charge in [0.05, 0.1) is 11.7 Å². The average molecular weight is 288 g/mol. The number of carbonyl (C=O) groups is 1. The molecule has 0 radical (unpaired) electrons. The summed E-state index contributed by atoms with van der Waals surface area (Å²) in [6.07, 6.45) is 1.49. The second-order valence-corrected chi connectivity index (χ2v) is 4.96. The van der Waals surface area contributed by atoms with Crippen molar-refractivity contribution in [1.29, 1.82) is 0 Å². The van der Waals surface area contributed by atoms with Crippen LogP contribution < -0.4 is 10.1 Å². The van der Waals surface area contributed by atoms with E-state index in [-0.39, 0.29) is 11.7 Å². The molecule has 5 heteroatoms. The van der Waals surface area contributed by atoms with Crippen LogP contribution in [0.3, 0.4) is 0 Å². The molecule has 21 heavy (non-hydrogen) atoms. The van der Waals surface area contributed by atoms with Gasteiger partial charge in [-0.15, -0.1) is 0 Å². The van der Waals surface area contributed by atoms with Gasteiger partial charge in [0.25, 0.3) is 5.91 Å². The first-order chi connectivity index (χ1) is 9.97. The Balaban J connectivity index is 2.23. The fraction of sp³-hybridized carbons (Fsp3) is 0.250. The van der Waals surface area contributed by atoms with Gasteiger partial charge in [0.15, 0.2) is 0 Å². The van der Waals surface area contributed by atoms with Crippen LogP contribution in [-0.4, -0.2) is 17.0 Å². The SMILES string of the molecule is Cc1ccc(C(=O)Nc2cccnc2OC(C)C)c(F)c1. The van der Waals surface area contributed by atoms with E-state index >= 15 is 0 Å². The molecule has 0 fully saturated rings. The number of amides is 1. The molecule has 1 N–H and O–H groups in total. The van der Waals surface area contributed by atoms with Crippen LogP contribution >= 0.6 is 0 Å². The largest absolute Gasteiger partial charge is 0.473 e. The number of ether oxygens (including phenoxy) is 1. The predicted molar refractivity (Wildman–Crippen MR) is 79.1 cm³/mol. The lowest BCUT2D eigenvalue weighted by atomic mass is 10.1. The normalized spacial score (nSPS) is 10.5. The topological polar surface area (TPSA) is 51.2 Å². The van der Waals surface area contributed by atoms with Crippen LogP contribution in [0.25, 0.3) is 0 Å². The molecule has 0 aliphatic rings. The molecule has 0 bridgehead atoms. The number of anilines is 1. The Morgan fingerprint density at radius 3 is 2.76 bits per heavy atom. The van der Waals surface area contributed by atoms with Crippen molar-refractivity contribution in [3.8, 4) is 5.88 Å². The molecule has 4 nitrogen and oxygen atoms in total. The highest BCUT2D eigenvalue weighted by molar-refractivity contribution is 6.05. The summed E-state index contributed by atoms with van der Waals surface area (Å²) in [5.41, 5.74) is 1.16. The Labute approximate surface area is 123 Å². The summed E-state index contributed by atoms with van der Waals surface area (Å²) in [4.78, 5) is 16.2. The first-order valence-electron chi connectivity index (χ1n) is 6.66. The molecular formula is C16H17FN2O2. The smallest absolute Gasteiger partial charge is 0.258 e. The Morgan fingerprint density at radius 2 is 2.10 bits per heavy atom. The van der Waals surface area contributed by atoms with Crippen molar-refractivity contribution >= 4 is 11.6 Å². The molecule has 110 valence electrons. The van der Waals surface area contributed by atoms with E-state index in [1.807, 2.05) is 13.8 Å². The Kier molecular flexibility index (Phi) is 4.52. The number of aromatic nitrogens is 1. The molecule has 1 aromatic heterocycles. The molecule has 0 spiro atoms. The van der Waals surface area contributed by atoms with Gasteiger partial charge in [0.1, 0.15) is 11.5 Å². The number of hydrogen-bond acceptors (Lipinski definition) is 3. The molecule has 1 aromatic carbocycles. The maximum atomic E-state index is 13.8. The van der Waals surface area contributed by atoms with Crippen molar-refractivity contribution in [2.24, 2.45) is 0 Å². The highest BCUT2D eigenvalue weighted by atomic mass is 19.1. The number of halogens is 1. The van der Waals surface area contributed by atoms with Crippen molar-refractivity contribution in [2.75, 3.05) is 5.32 Å². The number of aryl methyl sites for hydroxylation is 1. The minimum absolute atomic E-state index is 0.0139. The summed E-state index contributed by atoms with van der Waals surface area (Å²) in [6.45, 7) is 5.49. The summed E-state index contributed by atoms with van der Waals surface area (Å²) in [6, 6.07) is 7.80. The standard InChI is InChI=1S/C16H17FN2O2/c1-10(2)21-16-14(5-4-8-18-16)19-15(20)12-7-6-11(3)9-13(12)17/h4-10H,1-3H3,(H,19,20). The number of benzene rings is 1. The van der Waals surface area contributed by atoms with Crippen molar-refractivity contribution in [3.63, 3.8) is 0 Å². The lowest BCUT2D eigenvalue weighted by molar-refractivity contribution is 0.102. The third-order valence-electron chi connectivity index (χ3n) is 2.74. The van der Waals surface area contributed by atoms with Gasteiger partial charge in [-0.1, -0.05) is 6.07 Å². The Morgan fingerprint density at radius 1 is 1.33 bits per heavy atom. The van der Waals surface area contributed by atoms with Gasteiger partial charge in [0, 0.05) is 6.20 Å². The molecule has 0 aliphatic heterocycles. The summed E-state index contributed by atoms with van der Waals surface area (Å²) in [5.74, 6) is -0.773. The molecule has 1 amide bonds. The maximum Gasteiger partial charge on any atom is 0.258 e. The van der Waals surface area contributed by atoms with Crippen LogP contribution in [0.4, 0.5) is 10.1 Å². The second-order valence-electron chi connectivity index (χ2n) is 4.96. The van der Waals surface area contributed by atoms with Crippen molar-refractivity contribution in [2.45, 2.75) is 26.9 Å². The molecule has 0 aliphatic carbocycles. The predicted octanol–water partition coefficient (Wildman–Crippen LogP) is 3.57. The summed E-state index contributed by atoms with van der Waals surface area (Å²) < 4.78 is 19.3. The van der Waals surface area contributed by atoms with Gasteiger partial charge in [-0.3, -0.25) is 4.79 Å². The van der Waals surface area contributed by atoms with E-state index in [0.717, 1.165) is 5.56 Å². The van der Waals surface area contributed by atoms with Crippen molar-refractivity contribution in [1.82, 2.24) is 4.98 Å². The number of pyridine rings is 1. The fourth-order valence-electron chi connectivity index (χ4n) is 1.80. The number of nitrogens with zero attached hydrogens (tertiary/aromatic N) is 1. The Bertz CT molecular complexity index is 656. The molecule has 1 heterocycles. The van der Waals surface area contributed by atoms with E-state index in [2.05, 4.69) is 10.3 Å².